The molecule has 25 heavy (non-hydrogen) atoms. The molecule has 1 aromatic rings. The van der Waals surface area contributed by atoms with E-state index in [0.717, 1.165) is 24.0 Å². The van der Waals surface area contributed by atoms with E-state index in [9.17, 15) is 9.59 Å². The number of hydrogen-bond acceptors (Lipinski definition) is 4. The summed E-state index contributed by atoms with van der Waals surface area (Å²) in [7, 11) is 0. The molecule has 1 fully saturated rings. The lowest BCUT2D eigenvalue weighted by Crippen LogP contribution is -2.45. The van der Waals surface area contributed by atoms with Gasteiger partial charge < -0.3 is 14.8 Å². The van der Waals surface area contributed by atoms with Crippen LogP contribution < -0.4 is 10.1 Å². The average Bonchev–Trinajstić information content (AvgIpc) is 2.58. The summed E-state index contributed by atoms with van der Waals surface area (Å²) in [5.74, 6) is 0.882. The summed E-state index contributed by atoms with van der Waals surface area (Å²) in [6, 6.07) is 5.80. The smallest absolute Gasteiger partial charge is 0.344 e. The van der Waals surface area contributed by atoms with Crippen LogP contribution in [0.4, 0.5) is 0 Å². The monoisotopic (exact) mass is 347 g/mol. The molecule has 1 aliphatic carbocycles. The lowest BCUT2D eigenvalue weighted by atomic mass is 9.78. The third-order valence-electron chi connectivity index (χ3n) is 5.25. The molecule has 1 aliphatic rings. The molecule has 5 nitrogen and oxygen atoms in total. The SMILES string of the molecule is Cc1ccc(OCC(=O)OCC(=O)N[C@H]2CCC[C@H](C)[C@H]2C)cc1C. The van der Waals surface area contributed by atoms with Crippen LogP contribution in [0.5, 0.6) is 5.75 Å². The predicted octanol–water partition coefficient (Wildman–Crippen LogP) is 3.17. The van der Waals surface area contributed by atoms with Crippen LogP contribution in [-0.4, -0.2) is 31.1 Å². The first-order valence-electron chi connectivity index (χ1n) is 9.02. The average molecular weight is 347 g/mol. The second-order valence-electron chi connectivity index (χ2n) is 7.14. The van der Waals surface area contributed by atoms with Crippen molar-refractivity contribution in [2.24, 2.45) is 11.8 Å². The van der Waals surface area contributed by atoms with Crippen LogP contribution in [0.1, 0.15) is 44.2 Å². The molecule has 5 heteroatoms. The maximum absolute atomic E-state index is 12.0. The van der Waals surface area contributed by atoms with Gasteiger partial charge in [-0.3, -0.25) is 4.79 Å². The Morgan fingerprint density at radius 1 is 1.12 bits per heavy atom. The zero-order valence-corrected chi connectivity index (χ0v) is 15.6. The minimum absolute atomic E-state index is 0.168. The largest absolute Gasteiger partial charge is 0.482 e. The molecule has 1 aromatic carbocycles. The van der Waals surface area contributed by atoms with Gasteiger partial charge in [0.2, 0.25) is 0 Å². The fourth-order valence-corrected chi connectivity index (χ4v) is 3.17. The Balaban J connectivity index is 1.70. The van der Waals surface area contributed by atoms with Crippen LogP contribution in [0.25, 0.3) is 0 Å². The zero-order chi connectivity index (χ0) is 18.4. The normalized spacial score (nSPS) is 23.0. The van der Waals surface area contributed by atoms with Gasteiger partial charge in [-0.2, -0.15) is 0 Å². The minimum Gasteiger partial charge on any atom is -0.482 e. The van der Waals surface area contributed by atoms with Gasteiger partial charge in [-0.1, -0.05) is 32.8 Å². The van der Waals surface area contributed by atoms with Crippen LogP contribution in [0.15, 0.2) is 18.2 Å². The molecule has 0 heterocycles. The van der Waals surface area contributed by atoms with Crippen molar-refractivity contribution in [2.45, 2.75) is 53.0 Å². The van der Waals surface area contributed by atoms with Gasteiger partial charge in [0.25, 0.3) is 5.91 Å². The van der Waals surface area contributed by atoms with E-state index in [0.29, 0.717) is 17.6 Å². The van der Waals surface area contributed by atoms with Gasteiger partial charge in [0, 0.05) is 6.04 Å². The first-order chi connectivity index (χ1) is 11.9. The van der Waals surface area contributed by atoms with Crippen molar-refractivity contribution in [3.8, 4) is 5.75 Å². The molecule has 0 aromatic heterocycles. The molecule has 138 valence electrons. The number of carbonyl (C=O) groups excluding carboxylic acids is 2. The van der Waals surface area contributed by atoms with E-state index in [1.807, 2.05) is 32.0 Å². The number of amides is 1. The predicted molar refractivity (Wildman–Crippen MR) is 96.5 cm³/mol. The first kappa shape index (κ1) is 19.3. The molecule has 2 rings (SSSR count). The Kier molecular flexibility index (Phi) is 6.85. The van der Waals surface area contributed by atoms with Crippen molar-refractivity contribution in [1.29, 1.82) is 0 Å². The summed E-state index contributed by atoms with van der Waals surface area (Å²) in [5, 5.41) is 2.98. The molecular weight excluding hydrogens is 318 g/mol. The van der Waals surface area contributed by atoms with Crippen LogP contribution in [0.2, 0.25) is 0 Å². The molecule has 1 N–H and O–H groups in total. The van der Waals surface area contributed by atoms with Gasteiger partial charge in [0.1, 0.15) is 5.75 Å². The molecule has 0 spiro atoms. The Morgan fingerprint density at radius 2 is 1.88 bits per heavy atom. The van der Waals surface area contributed by atoms with Crippen LogP contribution in [0, 0.1) is 25.7 Å². The Bertz CT molecular complexity index is 614. The van der Waals surface area contributed by atoms with Gasteiger partial charge >= 0.3 is 5.97 Å². The van der Waals surface area contributed by atoms with E-state index < -0.39 is 5.97 Å². The maximum atomic E-state index is 12.0. The van der Waals surface area contributed by atoms with Crippen molar-refractivity contribution >= 4 is 11.9 Å². The number of rotatable bonds is 6. The third-order valence-corrected chi connectivity index (χ3v) is 5.25. The summed E-state index contributed by atoms with van der Waals surface area (Å²) in [4.78, 5) is 23.7. The van der Waals surface area contributed by atoms with Crippen molar-refractivity contribution in [1.82, 2.24) is 5.32 Å². The second kappa shape index (κ2) is 8.88. The Labute approximate surface area is 150 Å². The number of hydrogen-bond donors (Lipinski definition) is 1. The number of ether oxygens (including phenoxy) is 2. The zero-order valence-electron chi connectivity index (χ0n) is 15.6. The van der Waals surface area contributed by atoms with E-state index in [2.05, 4.69) is 19.2 Å². The number of esters is 1. The summed E-state index contributed by atoms with van der Waals surface area (Å²) in [6.45, 7) is 7.92. The van der Waals surface area contributed by atoms with Crippen LogP contribution in [0.3, 0.4) is 0 Å². The molecule has 1 saturated carbocycles. The first-order valence-corrected chi connectivity index (χ1v) is 9.02. The van der Waals surface area contributed by atoms with Gasteiger partial charge in [-0.25, -0.2) is 4.79 Å². The fraction of sp³-hybridized carbons (Fsp3) is 0.600. The molecule has 0 bridgehead atoms. The highest BCUT2D eigenvalue weighted by molar-refractivity contribution is 5.81. The van der Waals surface area contributed by atoms with E-state index in [-0.39, 0.29) is 25.2 Å². The molecule has 0 aliphatic heterocycles. The lowest BCUT2D eigenvalue weighted by Gasteiger charge is -2.34. The molecule has 0 unspecified atom stereocenters. The summed E-state index contributed by atoms with van der Waals surface area (Å²) >= 11 is 0. The van der Waals surface area contributed by atoms with E-state index in [4.69, 9.17) is 9.47 Å². The van der Waals surface area contributed by atoms with Crippen molar-refractivity contribution < 1.29 is 19.1 Å². The fourth-order valence-electron chi connectivity index (χ4n) is 3.17. The third kappa shape index (κ3) is 5.76. The van der Waals surface area contributed by atoms with E-state index in [1.165, 1.54) is 6.42 Å². The molecular formula is C20H29NO4. The summed E-state index contributed by atoms with van der Waals surface area (Å²) in [6.07, 6.45) is 3.32. The summed E-state index contributed by atoms with van der Waals surface area (Å²) in [5.41, 5.74) is 2.26. The van der Waals surface area contributed by atoms with Crippen LogP contribution in [-0.2, 0) is 14.3 Å². The lowest BCUT2D eigenvalue weighted by molar-refractivity contribution is -0.150. The number of nitrogens with one attached hydrogen (secondary N) is 1. The molecule has 0 saturated heterocycles. The molecule has 1 amide bonds. The Hall–Kier alpha value is -2.04. The van der Waals surface area contributed by atoms with Gasteiger partial charge in [0.05, 0.1) is 0 Å². The van der Waals surface area contributed by atoms with Crippen molar-refractivity contribution in [3.05, 3.63) is 29.3 Å². The second-order valence-corrected chi connectivity index (χ2v) is 7.14. The summed E-state index contributed by atoms with van der Waals surface area (Å²) < 4.78 is 10.4. The van der Waals surface area contributed by atoms with Crippen molar-refractivity contribution in [3.63, 3.8) is 0 Å². The number of carbonyl (C=O) groups is 2. The highest BCUT2D eigenvalue weighted by Crippen LogP contribution is 2.29. The highest BCUT2D eigenvalue weighted by Gasteiger charge is 2.28. The van der Waals surface area contributed by atoms with Crippen molar-refractivity contribution in [2.75, 3.05) is 13.2 Å². The van der Waals surface area contributed by atoms with E-state index >= 15 is 0 Å². The number of benzene rings is 1. The number of aryl methyl sites for hydroxylation is 2. The topological polar surface area (TPSA) is 64.6 Å². The highest BCUT2D eigenvalue weighted by atomic mass is 16.6. The van der Waals surface area contributed by atoms with E-state index in [1.54, 1.807) is 0 Å². The molecule has 0 radical (unpaired) electrons. The maximum Gasteiger partial charge on any atom is 0.344 e. The van der Waals surface area contributed by atoms with Crippen LogP contribution >= 0.6 is 0 Å². The molecule has 3 atom stereocenters. The Morgan fingerprint density at radius 3 is 2.60 bits per heavy atom. The van der Waals surface area contributed by atoms with Gasteiger partial charge in [-0.05, 0) is 55.4 Å². The quantitative estimate of drug-likeness (QED) is 0.803. The van der Waals surface area contributed by atoms with Gasteiger partial charge in [0.15, 0.2) is 13.2 Å². The standard InChI is InChI=1S/C20H29NO4/c1-13-8-9-17(10-15(13)3)24-12-20(23)25-11-19(22)21-18-7-5-6-14(2)16(18)4/h8-10,14,16,18H,5-7,11-12H2,1-4H3,(H,21,22)/t14-,16+,18-/m0/s1. The van der Waals surface area contributed by atoms with Gasteiger partial charge in [-0.15, -0.1) is 0 Å². The minimum atomic E-state index is -0.543.